The monoisotopic (exact) mass is 242 g/mol. The van der Waals surface area contributed by atoms with Crippen molar-refractivity contribution in [2.45, 2.75) is 19.8 Å². The Hall–Kier alpha value is -0.500. The number of ether oxygens (including phenoxy) is 1. The summed E-state index contributed by atoms with van der Waals surface area (Å²) in [6, 6.07) is 6.19. The van der Waals surface area contributed by atoms with Gasteiger partial charge in [0.2, 0.25) is 0 Å². The van der Waals surface area contributed by atoms with Crippen molar-refractivity contribution < 1.29 is 4.74 Å². The van der Waals surface area contributed by atoms with E-state index >= 15 is 0 Å². The molecule has 0 N–H and O–H groups in total. The van der Waals surface area contributed by atoms with Crippen molar-refractivity contribution in [2.75, 3.05) is 12.4 Å². The van der Waals surface area contributed by atoms with E-state index in [1.54, 1.807) is 7.11 Å². The summed E-state index contributed by atoms with van der Waals surface area (Å²) in [5.41, 5.74) is 2.66. The Balaban J connectivity index is 2.87. The minimum atomic E-state index is 1.01. The van der Waals surface area contributed by atoms with Crippen LogP contribution in [-0.4, -0.2) is 12.4 Å². The predicted molar refractivity (Wildman–Crippen MR) is 59.8 cm³/mol. The van der Waals surface area contributed by atoms with Crippen LogP contribution in [-0.2, 0) is 6.42 Å². The standard InChI is InChI=1S/C11H15BrO/c1-9-5-3-7-11(13-2)10(9)6-4-8-12/h3,5,7H,4,6,8H2,1-2H3. The highest BCUT2D eigenvalue weighted by Gasteiger charge is 2.04. The first kappa shape index (κ1) is 10.6. The smallest absolute Gasteiger partial charge is 0.122 e. The average Bonchev–Trinajstić information content (AvgIpc) is 2.15. The molecular formula is C11H15BrO. The molecule has 0 saturated carbocycles. The van der Waals surface area contributed by atoms with E-state index in [0.717, 1.165) is 23.9 Å². The minimum absolute atomic E-state index is 1.01. The summed E-state index contributed by atoms with van der Waals surface area (Å²) in [4.78, 5) is 0. The van der Waals surface area contributed by atoms with Gasteiger partial charge in [0.25, 0.3) is 0 Å². The van der Waals surface area contributed by atoms with Gasteiger partial charge in [0, 0.05) is 5.33 Å². The van der Waals surface area contributed by atoms with E-state index in [4.69, 9.17) is 4.74 Å². The molecule has 0 bridgehead atoms. The second-order valence-corrected chi connectivity index (χ2v) is 3.84. The Labute approximate surface area is 88.2 Å². The second kappa shape index (κ2) is 5.28. The number of alkyl halides is 1. The number of aryl methyl sites for hydroxylation is 1. The van der Waals surface area contributed by atoms with E-state index in [1.165, 1.54) is 11.1 Å². The summed E-state index contributed by atoms with van der Waals surface area (Å²) in [5.74, 6) is 1.01. The molecule has 0 aliphatic heterocycles. The normalized spacial score (nSPS) is 10.1. The van der Waals surface area contributed by atoms with E-state index in [2.05, 4.69) is 28.9 Å². The molecule has 13 heavy (non-hydrogen) atoms. The topological polar surface area (TPSA) is 9.23 Å². The molecule has 0 fully saturated rings. The first-order valence-electron chi connectivity index (χ1n) is 4.48. The third-order valence-electron chi connectivity index (χ3n) is 2.15. The molecule has 0 aliphatic carbocycles. The van der Waals surface area contributed by atoms with Crippen LogP contribution >= 0.6 is 15.9 Å². The summed E-state index contributed by atoms with van der Waals surface area (Å²) in [6.45, 7) is 2.13. The highest BCUT2D eigenvalue weighted by molar-refractivity contribution is 9.09. The summed E-state index contributed by atoms with van der Waals surface area (Å²) in [5, 5.41) is 1.05. The number of halogens is 1. The van der Waals surface area contributed by atoms with Gasteiger partial charge in [-0.2, -0.15) is 0 Å². The largest absolute Gasteiger partial charge is 0.496 e. The lowest BCUT2D eigenvalue weighted by atomic mass is 10.0. The zero-order valence-corrected chi connectivity index (χ0v) is 9.73. The molecule has 0 heterocycles. The van der Waals surface area contributed by atoms with Crippen LogP contribution in [0, 0.1) is 6.92 Å². The SMILES string of the molecule is COc1cccc(C)c1CCCBr. The van der Waals surface area contributed by atoms with E-state index < -0.39 is 0 Å². The van der Waals surface area contributed by atoms with Gasteiger partial charge in [-0.3, -0.25) is 0 Å². The lowest BCUT2D eigenvalue weighted by Gasteiger charge is -2.10. The third kappa shape index (κ3) is 2.73. The fraction of sp³-hybridized carbons (Fsp3) is 0.455. The molecular weight excluding hydrogens is 228 g/mol. The van der Waals surface area contributed by atoms with Gasteiger partial charge in [0.1, 0.15) is 5.75 Å². The number of benzene rings is 1. The molecule has 1 aromatic carbocycles. The molecule has 0 saturated heterocycles. The molecule has 0 radical (unpaired) electrons. The van der Waals surface area contributed by atoms with Crippen LogP contribution < -0.4 is 4.74 Å². The Morgan fingerprint density at radius 1 is 1.38 bits per heavy atom. The van der Waals surface area contributed by atoms with Crippen LogP contribution in [0.3, 0.4) is 0 Å². The highest BCUT2D eigenvalue weighted by atomic mass is 79.9. The molecule has 72 valence electrons. The first-order valence-corrected chi connectivity index (χ1v) is 5.60. The number of hydrogen-bond acceptors (Lipinski definition) is 1. The maximum Gasteiger partial charge on any atom is 0.122 e. The lowest BCUT2D eigenvalue weighted by Crippen LogP contribution is -1.95. The van der Waals surface area contributed by atoms with Crippen molar-refractivity contribution in [3.63, 3.8) is 0 Å². The summed E-state index contributed by atoms with van der Waals surface area (Å²) >= 11 is 3.44. The van der Waals surface area contributed by atoms with Crippen molar-refractivity contribution in [2.24, 2.45) is 0 Å². The average molecular weight is 243 g/mol. The van der Waals surface area contributed by atoms with E-state index in [0.29, 0.717) is 0 Å². The number of rotatable bonds is 4. The Kier molecular flexibility index (Phi) is 4.29. The zero-order chi connectivity index (χ0) is 9.68. The fourth-order valence-electron chi connectivity index (χ4n) is 1.43. The predicted octanol–water partition coefficient (Wildman–Crippen LogP) is 3.33. The second-order valence-electron chi connectivity index (χ2n) is 3.05. The number of methoxy groups -OCH3 is 1. The molecule has 2 heteroatoms. The zero-order valence-electron chi connectivity index (χ0n) is 8.14. The summed E-state index contributed by atoms with van der Waals surface area (Å²) in [7, 11) is 1.73. The van der Waals surface area contributed by atoms with Crippen molar-refractivity contribution in [3.8, 4) is 5.75 Å². The van der Waals surface area contributed by atoms with Gasteiger partial charge in [0.15, 0.2) is 0 Å². The van der Waals surface area contributed by atoms with Crippen LogP contribution in [0.5, 0.6) is 5.75 Å². The third-order valence-corrected chi connectivity index (χ3v) is 2.71. The van der Waals surface area contributed by atoms with Crippen LogP contribution in [0.4, 0.5) is 0 Å². The molecule has 1 rings (SSSR count). The van der Waals surface area contributed by atoms with E-state index in [9.17, 15) is 0 Å². The molecule has 0 atom stereocenters. The van der Waals surface area contributed by atoms with Crippen LogP contribution in [0.25, 0.3) is 0 Å². The van der Waals surface area contributed by atoms with Crippen molar-refractivity contribution >= 4 is 15.9 Å². The fourth-order valence-corrected chi connectivity index (χ4v) is 1.71. The van der Waals surface area contributed by atoms with Crippen molar-refractivity contribution in [1.29, 1.82) is 0 Å². The van der Waals surface area contributed by atoms with Crippen LogP contribution in [0.2, 0.25) is 0 Å². The molecule has 0 unspecified atom stereocenters. The van der Waals surface area contributed by atoms with Gasteiger partial charge < -0.3 is 4.74 Å². The van der Waals surface area contributed by atoms with Crippen molar-refractivity contribution in [1.82, 2.24) is 0 Å². The minimum Gasteiger partial charge on any atom is -0.496 e. The van der Waals surface area contributed by atoms with Crippen LogP contribution in [0.15, 0.2) is 18.2 Å². The molecule has 0 aromatic heterocycles. The maximum absolute atomic E-state index is 5.31. The van der Waals surface area contributed by atoms with Crippen LogP contribution in [0.1, 0.15) is 17.5 Å². The number of hydrogen-bond donors (Lipinski definition) is 0. The molecule has 0 aliphatic rings. The molecule has 1 aromatic rings. The highest BCUT2D eigenvalue weighted by Crippen LogP contribution is 2.23. The lowest BCUT2D eigenvalue weighted by molar-refractivity contribution is 0.409. The first-order chi connectivity index (χ1) is 6.29. The Bertz CT molecular complexity index is 271. The van der Waals surface area contributed by atoms with E-state index in [1.807, 2.05) is 12.1 Å². The molecule has 0 amide bonds. The Morgan fingerprint density at radius 3 is 2.77 bits per heavy atom. The molecule has 1 nitrogen and oxygen atoms in total. The maximum atomic E-state index is 5.31. The Morgan fingerprint density at radius 2 is 2.15 bits per heavy atom. The van der Waals surface area contributed by atoms with Gasteiger partial charge in [-0.25, -0.2) is 0 Å². The molecule has 0 spiro atoms. The van der Waals surface area contributed by atoms with Crippen molar-refractivity contribution in [3.05, 3.63) is 29.3 Å². The summed E-state index contributed by atoms with van der Waals surface area (Å²) in [6.07, 6.45) is 2.24. The van der Waals surface area contributed by atoms with Gasteiger partial charge in [-0.05, 0) is 37.0 Å². The van der Waals surface area contributed by atoms with Gasteiger partial charge in [-0.15, -0.1) is 0 Å². The van der Waals surface area contributed by atoms with Gasteiger partial charge in [-0.1, -0.05) is 28.1 Å². The van der Waals surface area contributed by atoms with E-state index in [-0.39, 0.29) is 0 Å². The quantitative estimate of drug-likeness (QED) is 0.737. The van der Waals surface area contributed by atoms with Gasteiger partial charge >= 0.3 is 0 Å². The van der Waals surface area contributed by atoms with Gasteiger partial charge in [0.05, 0.1) is 7.11 Å². The summed E-state index contributed by atoms with van der Waals surface area (Å²) < 4.78 is 5.31.